The first-order valence-corrected chi connectivity index (χ1v) is 9.58. The number of aliphatic hydroxyl groups is 1. The third kappa shape index (κ3) is 6.89. The van der Waals surface area contributed by atoms with Crippen LogP contribution in [0.1, 0.15) is 11.1 Å². The van der Waals surface area contributed by atoms with Crippen LogP contribution in [-0.2, 0) is 13.1 Å². The van der Waals surface area contributed by atoms with Crippen molar-refractivity contribution in [3.63, 3.8) is 0 Å². The minimum Gasteiger partial charge on any atom is -0.497 e. The average molecular weight is 395 g/mol. The number of nitrogens with zero attached hydrogens (tertiary/aromatic N) is 1. The van der Waals surface area contributed by atoms with Gasteiger partial charge in [0.1, 0.15) is 30.0 Å². The summed E-state index contributed by atoms with van der Waals surface area (Å²) in [5, 5.41) is 10.5. The molecule has 0 aliphatic heterocycles. The first kappa shape index (κ1) is 20.8. The highest BCUT2D eigenvalue weighted by molar-refractivity contribution is 5.31. The van der Waals surface area contributed by atoms with E-state index in [0.717, 1.165) is 16.9 Å². The van der Waals surface area contributed by atoms with E-state index in [4.69, 9.17) is 9.47 Å². The van der Waals surface area contributed by atoms with Crippen LogP contribution < -0.4 is 9.47 Å². The quantitative estimate of drug-likeness (QED) is 0.557. The Bertz CT molecular complexity index is 854. The molecule has 1 atom stereocenters. The minimum atomic E-state index is -0.665. The fraction of sp³-hybridized carbons (Fsp3) is 0.250. The fourth-order valence-corrected chi connectivity index (χ4v) is 3.09. The Balaban J connectivity index is 1.60. The average Bonchev–Trinajstić information content (AvgIpc) is 2.75. The summed E-state index contributed by atoms with van der Waals surface area (Å²) in [6, 6.07) is 23.8. The second-order valence-corrected chi connectivity index (χ2v) is 6.92. The van der Waals surface area contributed by atoms with Crippen molar-refractivity contribution in [2.75, 3.05) is 20.3 Å². The topological polar surface area (TPSA) is 41.9 Å². The van der Waals surface area contributed by atoms with Gasteiger partial charge in [-0.2, -0.15) is 0 Å². The van der Waals surface area contributed by atoms with Crippen molar-refractivity contribution in [3.8, 4) is 11.5 Å². The predicted octanol–water partition coefficient (Wildman–Crippen LogP) is 4.28. The maximum Gasteiger partial charge on any atom is 0.123 e. The van der Waals surface area contributed by atoms with E-state index in [1.54, 1.807) is 19.2 Å². The summed E-state index contributed by atoms with van der Waals surface area (Å²) in [4.78, 5) is 2.13. The highest BCUT2D eigenvalue weighted by Gasteiger charge is 2.14. The molecule has 4 nitrogen and oxygen atoms in total. The Morgan fingerprint density at radius 2 is 1.41 bits per heavy atom. The van der Waals surface area contributed by atoms with Gasteiger partial charge in [-0.05, 0) is 47.5 Å². The Labute approximate surface area is 171 Å². The Morgan fingerprint density at radius 3 is 2.03 bits per heavy atom. The molecular formula is C24H26FNO3. The number of benzene rings is 3. The normalized spacial score (nSPS) is 12.0. The van der Waals surface area contributed by atoms with Crippen molar-refractivity contribution >= 4 is 0 Å². The van der Waals surface area contributed by atoms with E-state index in [1.807, 2.05) is 42.5 Å². The number of aliphatic hydroxyl groups excluding tert-OH is 1. The van der Waals surface area contributed by atoms with Crippen molar-refractivity contribution in [2.45, 2.75) is 19.2 Å². The molecule has 0 amide bonds. The van der Waals surface area contributed by atoms with E-state index in [-0.39, 0.29) is 12.4 Å². The van der Waals surface area contributed by atoms with Crippen LogP contribution in [0.2, 0.25) is 0 Å². The lowest BCUT2D eigenvalue weighted by atomic mass is 10.1. The second kappa shape index (κ2) is 10.6. The van der Waals surface area contributed by atoms with Crippen molar-refractivity contribution in [3.05, 3.63) is 95.8 Å². The van der Waals surface area contributed by atoms with E-state index >= 15 is 0 Å². The summed E-state index contributed by atoms with van der Waals surface area (Å²) < 4.78 is 24.0. The van der Waals surface area contributed by atoms with Gasteiger partial charge >= 0.3 is 0 Å². The molecule has 152 valence electrons. The van der Waals surface area contributed by atoms with Crippen LogP contribution in [0, 0.1) is 5.82 Å². The lowest BCUT2D eigenvalue weighted by Crippen LogP contribution is -2.35. The summed E-state index contributed by atoms with van der Waals surface area (Å²) in [6.07, 6.45) is -0.665. The number of hydrogen-bond acceptors (Lipinski definition) is 4. The summed E-state index contributed by atoms with van der Waals surface area (Å²) >= 11 is 0. The third-order valence-electron chi connectivity index (χ3n) is 4.54. The van der Waals surface area contributed by atoms with Crippen molar-refractivity contribution in [1.29, 1.82) is 0 Å². The number of methoxy groups -OCH3 is 1. The summed E-state index contributed by atoms with van der Waals surface area (Å²) in [7, 11) is 1.61. The lowest BCUT2D eigenvalue weighted by molar-refractivity contribution is 0.0628. The molecule has 0 heterocycles. The third-order valence-corrected chi connectivity index (χ3v) is 4.54. The number of ether oxygens (including phenoxy) is 2. The van der Waals surface area contributed by atoms with Gasteiger partial charge in [-0.15, -0.1) is 0 Å². The molecule has 0 saturated heterocycles. The van der Waals surface area contributed by atoms with E-state index in [1.165, 1.54) is 12.1 Å². The second-order valence-electron chi connectivity index (χ2n) is 6.92. The standard InChI is InChI=1S/C24H26FNO3/c1-28-23-11-13-24(14-12-23)29-18-22(27)17-26(15-19-5-3-2-4-6-19)16-20-7-9-21(25)10-8-20/h2-14,22,27H,15-18H2,1H3/t22-/m0/s1. The highest BCUT2D eigenvalue weighted by Crippen LogP contribution is 2.17. The first-order valence-electron chi connectivity index (χ1n) is 9.58. The number of rotatable bonds is 10. The molecule has 0 aliphatic rings. The molecule has 0 saturated carbocycles. The molecule has 5 heteroatoms. The van der Waals surface area contributed by atoms with E-state index in [2.05, 4.69) is 17.0 Å². The molecule has 0 bridgehead atoms. The highest BCUT2D eigenvalue weighted by atomic mass is 19.1. The molecular weight excluding hydrogens is 369 g/mol. The lowest BCUT2D eigenvalue weighted by Gasteiger charge is -2.25. The molecule has 3 aromatic carbocycles. The first-order chi connectivity index (χ1) is 14.1. The van der Waals surface area contributed by atoms with Gasteiger partial charge in [0.25, 0.3) is 0 Å². The van der Waals surface area contributed by atoms with Gasteiger partial charge < -0.3 is 14.6 Å². The molecule has 0 radical (unpaired) electrons. The van der Waals surface area contributed by atoms with Gasteiger partial charge in [-0.25, -0.2) is 4.39 Å². The van der Waals surface area contributed by atoms with Gasteiger partial charge in [0.05, 0.1) is 7.11 Å². The maximum absolute atomic E-state index is 13.2. The van der Waals surface area contributed by atoms with Crippen molar-refractivity contribution in [1.82, 2.24) is 4.90 Å². The maximum atomic E-state index is 13.2. The smallest absolute Gasteiger partial charge is 0.123 e. The Morgan fingerprint density at radius 1 is 0.828 bits per heavy atom. The van der Waals surface area contributed by atoms with E-state index in [0.29, 0.717) is 25.4 Å². The van der Waals surface area contributed by atoms with Crippen LogP contribution >= 0.6 is 0 Å². The Kier molecular flexibility index (Phi) is 7.61. The van der Waals surface area contributed by atoms with Gasteiger partial charge in [-0.3, -0.25) is 4.90 Å². The number of hydrogen-bond donors (Lipinski definition) is 1. The van der Waals surface area contributed by atoms with E-state index < -0.39 is 6.10 Å². The van der Waals surface area contributed by atoms with Crippen LogP contribution in [0.25, 0.3) is 0 Å². The molecule has 0 aromatic heterocycles. The van der Waals surface area contributed by atoms with Crippen LogP contribution in [0.3, 0.4) is 0 Å². The predicted molar refractivity (Wildman–Crippen MR) is 111 cm³/mol. The van der Waals surface area contributed by atoms with Crippen LogP contribution in [0.5, 0.6) is 11.5 Å². The van der Waals surface area contributed by atoms with Gasteiger partial charge in [0.2, 0.25) is 0 Å². The molecule has 0 spiro atoms. The van der Waals surface area contributed by atoms with Crippen LogP contribution in [0.4, 0.5) is 4.39 Å². The molecule has 3 rings (SSSR count). The van der Waals surface area contributed by atoms with Crippen molar-refractivity contribution < 1.29 is 19.0 Å². The molecule has 1 N–H and O–H groups in total. The van der Waals surface area contributed by atoms with E-state index in [9.17, 15) is 9.50 Å². The molecule has 29 heavy (non-hydrogen) atoms. The fourth-order valence-electron chi connectivity index (χ4n) is 3.09. The molecule has 0 unspecified atom stereocenters. The molecule has 3 aromatic rings. The van der Waals surface area contributed by atoms with Gasteiger partial charge in [0, 0.05) is 19.6 Å². The molecule has 0 aliphatic carbocycles. The monoisotopic (exact) mass is 395 g/mol. The zero-order chi connectivity index (χ0) is 20.5. The van der Waals surface area contributed by atoms with Gasteiger partial charge in [-0.1, -0.05) is 42.5 Å². The number of halogens is 1. The zero-order valence-corrected chi connectivity index (χ0v) is 16.5. The van der Waals surface area contributed by atoms with Crippen LogP contribution in [-0.4, -0.2) is 36.4 Å². The summed E-state index contributed by atoms with van der Waals surface area (Å²) in [5.74, 6) is 1.18. The zero-order valence-electron chi connectivity index (χ0n) is 16.5. The largest absolute Gasteiger partial charge is 0.497 e. The summed E-state index contributed by atoms with van der Waals surface area (Å²) in [5.41, 5.74) is 2.14. The SMILES string of the molecule is COc1ccc(OC[C@@H](O)CN(Cc2ccccc2)Cc2ccc(F)cc2)cc1. The minimum absolute atomic E-state index is 0.182. The van der Waals surface area contributed by atoms with Crippen molar-refractivity contribution in [2.24, 2.45) is 0 Å². The molecule has 0 fully saturated rings. The summed E-state index contributed by atoms with van der Waals surface area (Å²) in [6.45, 7) is 1.90. The Hall–Kier alpha value is -2.89. The van der Waals surface area contributed by atoms with Crippen LogP contribution in [0.15, 0.2) is 78.9 Å². The van der Waals surface area contributed by atoms with Gasteiger partial charge in [0.15, 0.2) is 0 Å².